The Morgan fingerprint density at radius 1 is 1.14 bits per heavy atom. The van der Waals surface area contributed by atoms with Crippen molar-refractivity contribution in [1.29, 1.82) is 0 Å². The van der Waals surface area contributed by atoms with Crippen molar-refractivity contribution in [2.24, 2.45) is 11.3 Å². The van der Waals surface area contributed by atoms with Gasteiger partial charge in [-0.1, -0.05) is 39.0 Å². The van der Waals surface area contributed by atoms with Crippen LogP contribution in [0.1, 0.15) is 42.3 Å². The maximum absolute atomic E-state index is 12.8. The molecule has 6 nitrogen and oxygen atoms in total. The lowest BCUT2D eigenvalue weighted by Gasteiger charge is -2.28. The van der Waals surface area contributed by atoms with Gasteiger partial charge in [-0.15, -0.1) is 0 Å². The largest absolute Gasteiger partial charge is 0.481 e. The van der Waals surface area contributed by atoms with Crippen LogP contribution in [0, 0.1) is 11.3 Å². The molecule has 2 aromatic rings. The number of amides is 2. The summed E-state index contributed by atoms with van der Waals surface area (Å²) in [4.78, 5) is 38.1. The molecule has 0 radical (unpaired) electrons. The molecule has 2 aromatic carbocycles. The Hall–Kier alpha value is -3.15. The topological polar surface area (TPSA) is 101 Å². The van der Waals surface area contributed by atoms with E-state index in [2.05, 4.69) is 0 Å². The molecule has 1 aliphatic rings. The van der Waals surface area contributed by atoms with Gasteiger partial charge in [0.05, 0.1) is 18.0 Å². The Morgan fingerprint density at radius 2 is 1.79 bits per heavy atom. The van der Waals surface area contributed by atoms with E-state index in [9.17, 15) is 19.5 Å². The Bertz CT molecular complexity index is 942. The number of anilines is 2. The van der Waals surface area contributed by atoms with Crippen LogP contribution < -0.4 is 10.6 Å². The van der Waals surface area contributed by atoms with Crippen molar-refractivity contribution in [3.8, 4) is 0 Å². The highest BCUT2D eigenvalue weighted by Gasteiger charge is 2.33. The van der Waals surface area contributed by atoms with Crippen LogP contribution in [0.3, 0.4) is 0 Å². The minimum Gasteiger partial charge on any atom is -0.481 e. The molecule has 0 fully saturated rings. The van der Waals surface area contributed by atoms with Gasteiger partial charge in [0, 0.05) is 11.3 Å². The SMILES string of the molecule is CC(C)(C)C(Cc1ccc(N2C(=O)Cc3ccc(N)cc3C2=O)cc1)C(=O)O. The predicted octanol–water partition coefficient (Wildman–Crippen LogP) is 3.29. The van der Waals surface area contributed by atoms with E-state index in [4.69, 9.17) is 5.73 Å². The van der Waals surface area contributed by atoms with Crippen LogP contribution in [-0.2, 0) is 22.4 Å². The van der Waals surface area contributed by atoms with Gasteiger partial charge in [0.25, 0.3) is 5.91 Å². The number of benzene rings is 2. The van der Waals surface area contributed by atoms with Crippen LogP contribution in [0.25, 0.3) is 0 Å². The first-order chi connectivity index (χ1) is 13.1. The van der Waals surface area contributed by atoms with E-state index in [1.807, 2.05) is 20.8 Å². The Kier molecular flexibility index (Phi) is 4.98. The van der Waals surface area contributed by atoms with Gasteiger partial charge < -0.3 is 10.8 Å². The third kappa shape index (κ3) is 3.76. The van der Waals surface area contributed by atoms with E-state index < -0.39 is 17.8 Å². The minimum atomic E-state index is -0.841. The molecule has 1 atom stereocenters. The van der Waals surface area contributed by atoms with E-state index in [1.165, 1.54) is 0 Å². The summed E-state index contributed by atoms with van der Waals surface area (Å²) in [6.07, 6.45) is 0.509. The maximum Gasteiger partial charge on any atom is 0.307 e. The number of nitrogens with two attached hydrogens (primary N) is 1. The number of rotatable bonds is 4. The van der Waals surface area contributed by atoms with Crippen molar-refractivity contribution < 1.29 is 19.5 Å². The van der Waals surface area contributed by atoms with Crippen molar-refractivity contribution in [2.75, 3.05) is 10.6 Å². The average molecular weight is 380 g/mol. The van der Waals surface area contributed by atoms with E-state index in [1.54, 1.807) is 42.5 Å². The summed E-state index contributed by atoms with van der Waals surface area (Å²) in [5.41, 5.74) is 8.29. The van der Waals surface area contributed by atoms with Crippen molar-refractivity contribution in [3.05, 3.63) is 59.2 Å². The number of hydrogen-bond donors (Lipinski definition) is 2. The Labute approximate surface area is 164 Å². The van der Waals surface area contributed by atoms with Crippen molar-refractivity contribution >= 4 is 29.2 Å². The number of fused-ring (bicyclic) bond motifs is 1. The second-order valence-corrected chi connectivity index (χ2v) is 8.26. The number of carboxylic acid groups (broad SMARTS) is 1. The number of carbonyl (C=O) groups excluding carboxylic acids is 2. The van der Waals surface area contributed by atoms with Crippen LogP contribution in [0.5, 0.6) is 0 Å². The quantitative estimate of drug-likeness (QED) is 0.626. The smallest absolute Gasteiger partial charge is 0.307 e. The van der Waals surface area contributed by atoms with Crippen LogP contribution in [-0.4, -0.2) is 22.9 Å². The summed E-state index contributed by atoms with van der Waals surface area (Å²) in [6.45, 7) is 5.69. The zero-order valence-corrected chi connectivity index (χ0v) is 16.2. The molecule has 0 saturated heterocycles. The molecule has 0 bridgehead atoms. The Morgan fingerprint density at radius 3 is 2.36 bits per heavy atom. The van der Waals surface area contributed by atoms with Crippen molar-refractivity contribution in [3.63, 3.8) is 0 Å². The molecule has 1 heterocycles. The minimum absolute atomic E-state index is 0.133. The number of nitrogens with zero attached hydrogens (tertiary/aromatic N) is 1. The third-order valence-electron chi connectivity index (χ3n) is 5.14. The van der Waals surface area contributed by atoms with E-state index in [0.29, 0.717) is 28.9 Å². The maximum atomic E-state index is 12.8. The lowest BCUT2D eigenvalue weighted by Crippen LogP contribution is -2.42. The summed E-state index contributed by atoms with van der Waals surface area (Å²) in [5, 5.41) is 9.51. The molecule has 6 heteroatoms. The fourth-order valence-electron chi connectivity index (χ4n) is 3.46. The van der Waals surface area contributed by atoms with E-state index in [-0.39, 0.29) is 17.7 Å². The number of carbonyl (C=O) groups is 3. The summed E-state index contributed by atoms with van der Waals surface area (Å²) in [5.74, 6) is -2.07. The van der Waals surface area contributed by atoms with Gasteiger partial charge in [-0.05, 0) is 47.2 Å². The lowest BCUT2D eigenvalue weighted by molar-refractivity contribution is -0.145. The van der Waals surface area contributed by atoms with E-state index in [0.717, 1.165) is 10.5 Å². The number of nitrogen functional groups attached to an aromatic ring is 1. The number of imide groups is 1. The third-order valence-corrected chi connectivity index (χ3v) is 5.14. The van der Waals surface area contributed by atoms with Gasteiger partial charge in [-0.25, -0.2) is 4.90 Å². The monoisotopic (exact) mass is 380 g/mol. The second-order valence-electron chi connectivity index (χ2n) is 8.26. The van der Waals surface area contributed by atoms with Crippen LogP contribution >= 0.6 is 0 Å². The van der Waals surface area contributed by atoms with Gasteiger partial charge in [0.1, 0.15) is 0 Å². The second kappa shape index (κ2) is 7.11. The fraction of sp³-hybridized carbons (Fsp3) is 0.318. The highest BCUT2D eigenvalue weighted by atomic mass is 16.4. The number of carboxylic acids is 1. The summed E-state index contributed by atoms with van der Waals surface area (Å²) >= 11 is 0. The highest BCUT2D eigenvalue weighted by molar-refractivity contribution is 6.24. The standard InChI is InChI=1S/C22H24N2O4/c1-22(2,3)18(21(27)28)10-13-4-8-16(9-5-13)24-19(25)11-14-6-7-15(23)12-17(14)20(24)26/h4-9,12,18H,10-11,23H2,1-3H3,(H,27,28). The predicted molar refractivity (Wildman–Crippen MR) is 107 cm³/mol. The first-order valence-corrected chi connectivity index (χ1v) is 9.15. The van der Waals surface area contributed by atoms with Gasteiger partial charge >= 0.3 is 5.97 Å². The molecule has 0 aliphatic carbocycles. The Balaban J connectivity index is 1.86. The van der Waals surface area contributed by atoms with Crippen molar-refractivity contribution in [2.45, 2.75) is 33.6 Å². The number of hydrogen-bond acceptors (Lipinski definition) is 4. The molecular formula is C22H24N2O4. The molecule has 146 valence electrons. The zero-order valence-electron chi connectivity index (χ0n) is 16.2. The molecular weight excluding hydrogens is 356 g/mol. The molecule has 1 unspecified atom stereocenters. The zero-order chi connectivity index (χ0) is 20.6. The van der Waals surface area contributed by atoms with Gasteiger partial charge in [0.15, 0.2) is 0 Å². The van der Waals surface area contributed by atoms with Crippen LogP contribution in [0.2, 0.25) is 0 Å². The number of aliphatic carboxylic acids is 1. The molecule has 28 heavy (non-hydrogen) atoms. The summed E-state index contributed by atoms with van der Waals surface area (Å²) in [6, 6.07) is 11.9. The molecule has 0 spiro atoms. The van der Waals surface area contributed by atoms with E-state index >= 15 is 0 Å². The van der Waals surface area contributed by atoms with Gasteiger partial charge in [-0.2, -0.15) is 0 Å². The summed E-state index contributed by atoms with van der Waals surface area (Å²) < 4.78 is 0. The fourth-order valence-corrected chi connectivity index (χ4v) is 3.46. The first-order valence-electron chi connectivity index (χ1n) is 9.15. The first kappa shape index (κ1) is 19.6. The van der Waals surface area contributed by atoms with Crippen LogP contribution in [0.15, 0.2) is 42.5 Å². The highest BCUT2D eigenvalue weighted by Crippen LogP contribution is 2.31. The molecule has 3 N–H and O–H groups in total. The van der Waals surface area contributed by atoms with Gasteiger partial charge in [0.2, 0.25) is 5.91 Å². The van der Waals surface area contributed by atoms with Crippen molar-refractivity contribution in [1.82, 2.24) is 0 Å². The average Bonchev–Trinajstić information content (AvgIpc) is 2.60. The molecule has 2 amide bonds. The van der Waals surface area contributed by atoms with Gasteiger partial charge in [-0.3, -0.25) is 14.4 Å². The summed E-state index contributed by atoms with van der Waals surface area (Å²) in [7, 11) is 0. The molecule has 1 aliphatic heterocycles. The normalized spacial score (nSPS) is 15.3. The molecule has 3 rings (SSSR count). The lowest BCUT2D eigenvalue weighted by atomic mass is 9.77. The molecule has 0 saturated carbocycles. The van der Waals surface area contributed by atoms with Crippen LogP contribution in [0.4, 0.5) is 11.4 Å². The molecule has 0 aromatic heterocycles.